The van der Waals surface area contributed by atoms with E-state index in [1.54, 1.807) is 0 Å². The van der Waals surface area contributed by atoms with Crippen molar-refractivity contribution in [1.82, 2.24) is 0 Å². The molecule has 0 rings (SSSR count). The van der Waals surface area contributed by atoms with Gasteiger partial charge in [0, 0.05) is 5.57 Å². The van der Waals surface area contributed by atoms with Crippen LogP contribution in [0.25, 0.3) is 0 Å². The second-order valence-corrected chi connectivity index (χ2v) is 3.15. The van der Waals surface area contributed by atoms with Gasteiger partial charge in [-0.3, -0.25) is 0 Å². The van der Waals surface area contributed by atoms with E-state index in [0.717, 1.165) is 0 Å². The molecule has 0 amide bonds. The molecule has 2 nitrogen and oxygen atoms in total. The Hall–Kier alpha value is -1.05. The van der Waals surface area contributed by atoms with E-state index in [-0.39, 0.29) is 5.57 Å². The number of carbonyl (C=O) groups is 1. The molecule has 0 aliphatic heterocycles. The van der Waals surface area contributed by atoms with Gasteiger partial charge in [-0.25, -0.2) is 4.79 Å². The molecule has 0 saturated heterocycles. The van der Waals surface area contributed by atoms with Gasteiger partial charge in [-0.05, 0) is 26.7 Å². The van der Waals surface area contributed by atoms with Crippen LogP contribution in [0.4, 0.5) is 0 Å². The quantitative estimate of drug-likeness (QED) is 0.414. The molecular formula is C12H22O2. The molecule has 14 heavy (non-hydrogen) atoms. The standard InChI is InChI=1S/C8H16.C4H6O2/c1-3-5-7-8-6-4-2;1-3(2)4(5)6/h3,5H,4,6-8H2,1-2H3;1H2,2H3,(H,5,6). The van der Waals surface area contributed by atoms with Crippen LogP contribution < -0.4 is 0 Å². The Labute approximate surface area is 87.3 Å². The number of hydrogen-bond donors (Lipinski definition) is 1. The molecule has 0 radical (unpaired) electrons. The van der Waals surface area contributed by atoms with Crippen LogP contribution in [0.15, 0.2) is 24.3 Å². The van der Waals surface area contributed by atoms with Crippen LogP contribution in [0.3, 0.4) is 0 Å². The molecule has 1 N–H and O–H groups in total. The number of carboxylic acid groups (broad SMARTS) is 1. The topological polar surface area (TPSA) is 37.3 Å². The third-order valence-electron chi connectivity index (χ3n) is 1.58. The van der Waals surface area contributed by atoms with Crippen molar-refractivity contribution in [3.8, 4) is 0 Å². The van der Waals surface area contributed by atoms with E-state index in [9.17, 15) is 4.79 Å². The van der Waals surface area contributed by atoms with Crippen LogP contribution in [-0.2, 0) is 4.79 Å². The molecule has 0 spiro atoms. The summed E-state index contributed by atoms with van der Waals surface area (Å²) in [6.45, 7) is 8.91. The zero-order chi connectivity index (χ0) is 11.4. The second-order valence-electron chi connectivity index (χ2n) is 3.15. The van der Waals surface area contributed by atoms with E-state index in [1.165, 1.54) is 32.6 Å². The first kappa shape index (κ1) is 15.4. The molecule has 0 aromatic heterocycles. The van der Waals surface area contributed by atoms with Gasteiger partial charge in [-0.1, -0.05) is 38.5 Å². The van der Waals surface area contributed by atoms with E-state index < -0.39 is 5.97 Å². The van der Waals surface area contributed by atoms with Crippen molar-refractivity contribution >= 4 is 5.97 Å². The average Bonchev–Trinajstić information content (AvgIpc) is 2.13. The summed E-state index contributed by atoms with van der Waals surface area (Å²) in [5.74, 6) is -0.935. The van der Waals surface area contributed by atoms with Crippen molar-refractivity contribution in [2.45, 2.75) is 46.5 Å². The molecule has 0 heterocycles. The summed E-state index contributed by atoms with van der Waals surface area (Å²) in [5, 5.41) is 7.89. The lowest BCUT2D eigenvalue weighted by molar-refractivity contribution is -0.132. The molecule has 2 heteroatoms. The van der Waals surface area contributed by atoms with Crippen molar-refractivity contribution in [3.63, 3.8) is 0 Å². The Bertz CT molecular complexity index is 169. The Kier molecular flexibility index (Phi) is 13.2. The predicted molar refractivity (Wildman–Crippen MR) is 61.4 cm³/mol. The van der Waals surface area contributed by atoms with Crippen molar-refractivity contribution in [2.24, 2.45) is 0 Å². The van der Waals surface area contributed by atoms with Gasteiger partial charge in [0.1, 0.15) is 0 Å². The number of rotatable bonds is 5. The Morgan fingerprint density at radius 3 is 2.21 bits per heavy atom. The monoisotopic (exact) mass is 198 g/mol. The van der Waals surface area contributed by atoms with E-state index in [2.05, 4.69) is 32.6 Å². The normalized spacial score (nSPS) is 9.36. The van der Waals surface area contributed by atoms with Gasteiger partial charge in [0.25, 0.3) is 0 Å². The second kappa shape index (κ2) is 11.9. The Morgan fingerprint density at radius 2 is 1.93 bits per heavy atom. The molecule has 0 aliphatic rings. The van der Waals surface area contributed by atoms with E-state index in [1.807, 2.05) is 0 Å². The number of aliphatic carboxylic acids is 1. The van der Waals surface area contributed by atoms with Crippen LogP contribution in [0, 0.1) is 0 Å². The zero-order valence-corrected chi connectivity index (χ0v) is 9.55. The molecule has 0 saturated carbocycles. The maximum atomic E-state index is 9.60. The highest BCUT2D eigenvalue weighted by molar-refractivity contribution is 5.84. The van der Waals surface area contributed by atoms with Gasteiger partial charge < -0.3 is 5.11 Å². The molecule has 82 valence electrons. The fraction of sp³-hybridized carbons (Fsp3) is 0.583. The summed E-state index contributed by atoms with van der Waals surface area (Å²) in [6.07, 6.45) is 9.69. The van der Waals surface area contributed by atoms with Crippen LogP contribution in [0.2, 0.25) is 0 Å². The lowest BCUT2D eigenvalue weighted by Crippen LogP contribution is -1.92. The van der Waals surface area contributed by atoms with Gasteiger partial charge >= 0.3 is 5.97 Å². The number of hydrogen-bond acceptors (Lipinski definition) is 1. The van der Waals surface area contributed by atoms with Crippen molar-refractivity contribution in [2.75, 3.05) is 0 Å². The molecule has 0 aliphatic carbocycles. The minimum atomic E-state index is -0.935. The average molecular weight is 198 g/mol. The zero-order valence-electron chi connectivity index (χ0n) is 9.55. The molecule has 0 fully saturated rings. The minimum Gasteiger partial charge on any atom is -0.478 e. The summed E-state index contributed by atoms with van der Waals surface area (Å²) >= 11 is 0. The molecule has 0 aromatic carbocycles. The van der Waals surface area contributed by atoms with Gasteiger partial charge in [-0.15, -0.1) is 0 Å². The summed E-state index contributed by atoms with van der Waals surface area (Å²) in [7, 11) is 0. The van der Waals surface area contributed by atoms with Gasteiger partial charge in [0.15, 0.2) is 0 Å². The first-order valence-electron chi connectivity index (χ1n) is 5.06. The summed E-state index contributed by atoms with van der Waals surface area (Å²) in [5.41, 5.74) is 0.176. The largest absolute Gasteiger partial charge is 0.478 e. The van der Waals surface area contributed by atoms with E-state index in [0.29, 0.717) is 0 Å². The minimum absolute atomic E-state index is 0.176. The highest BCUT2D eigenvalue weighted by Gasteiger charge is 1.90. The Balaban J connectivity index is 0. The third-order valence-corrected chi connectivity index (χ3v) is 1.58. The molecule has 0 unspecified atom stereocenters. The highest BCUT2D eigenvalue weighted by atomic mass is 16.4. The van der Waals surface area contributed by atoms with Crippen molar-refractivity contribution in [3.05, 3.63) is 24.3 Å². The fourth-order valence-electron chi connectivity index (χ4n) is 0.679. The summed E-state index contributed by atoms with van der Waals surface area (Å²) < 4.78 is 0. The molecule has 0 aromatic rings. The van der Waals surface area contributed by atoms with Crippen LogP contribution >= 0.6 is 0 Å². The van der Waals surface area contributed by atoms with Gasteiger partial charge in [0.05, 0.1) is 0 Å². The third kappa shape index (κ3) is 17.2. The smallest absolute Gasteiger partial charge is 0.330 e. The number of unbranched alkanes of at least 4 members (excludes halogenated alkanes) is 3. The van der Waals surface area contributed by atoms with Crippen LogP contribution in [0.5, 0.6) is 0 Å². The van der Waals surface area contributed by atoms with Gasteiger partial charge in [0.2, 0.25) is 0 Å². The first-order chi connectivity index (χ1) is 6.56. The Morgan fingerprint density at radius 1 is 1.43 bits per heavy atom. The molecule has 0 bridgehead atoms. The lowest BCUT2D eigenvalue weighted by Gasteiger charge is -1.88. The number of carboxylic acids is 1. The lowest BCUT2D eigenvalue weighted by atomic mass is 10.2. The maximum Gasteiger partial charge on any atom is 0.330 e. The van der Waals surface area contributed by atoms with E-state index >= 15 is 0 Å². The number of allylic oxidation sites excluding steroid dienone is 2. The molecule has 0 atom stereocenters. The van der Waals surface area contributed by atoms with Crippen LogP contribution in [-0.4, -0.2) is 11.1 Å². The summed E-state index contributed by atoms with van der Waals surface area (Å²) in [4.78, 5) is 9.60. The molecular weight excluding hydrogens is 176 g/mol. The van der Waals surface area contributed by atoms with Crippen molar-refractivity contribution < 1.29 is 9.90 Å². The van der Waals surface area contributed by atoms with Crippen molar-refractivity contribution in [1.29, 1.82) is 0 Å². The SMILES string of the molecule is C=C(C)C(=O)O.CC=CCCCCC. The summed E-state index contributed by atoms with van der Waals surface area (Å²) in [6, 6.07) is 0. The van der Waals surface area contributed by atoms with Crippen LogP contribution in [0.1, 0.15) is 46.5 Å². The maximum absolute atomic E-state index is 9.60. The van der Waals surface area contributed by atoms with E-state index in [4.69, 9.17) is 5.11 Å². The van der Waals surface area contributed by atoms with Gasteiger partial charge in [-0.2, -0.15) is 0 Å². The predicted octanol–water partition coefficient (Wildman–Crippen LogP) is 3.79. The highest BCUT2D eigenvalue weighted by Crippen LogP contribution is 1.98. The first-order valence-corrected chi connectivity index (χ1v) is 5.06. The fourth-order valence-corrected chi connectivity index (χ4v) is 0.679.